The minimum absolute atomic E-state index is 0.00756. The molecular formula is C31H25ClN4O5. The van der Waals surface area contributed by atoms with Gasteiger partial charge in [0.1, 0.15) is 18.3 Å². The molecule has 2 heterocycles. The number of aromatic nitrogens is 1. The maximum Gasteiger partial charge on any atom is 0.299 e. The molecule has 0 fully saturated rings. The van der Waals surface area contributed by atoms with Gasteiger partial charge in [-0.2, -0.15) is 0 Å². The van der Waals surface area contributed by atoms with Crippen LogP contribution in [-0.4, -0.2) is 47.0 Å². The van der Waals surface area contributed by atoms with Crippen LogP contribution in [-0.2, 0) is 20.9 Å². The van der Waals surface area contributed by atoms with E-state index in [1.165, 1.54) is 4.90 Å². The van der Waals surface area contributed by atoms with Crippen LogP contribution in [0.1, 0.15) is 27.5 Å². The minimum Gasteiger partial charge on any atom is -0.497 e. The monoisotopic (exact) mass is 568 g/mol. The van der Waals surface area contributed by atoms with E-state index in [4.69, 9.17) is 16.3 Å². The summed E-state index contributed by atoms with van der Waals surface area (Å²) in [5.41, 5.74) is 2.25. The number of halogens is 1. The van der Waals surface area contributed by atoms with Gasteiger partial charge in [0.15, 0.2) is 0 Å². The molecule has 1 aromatic heterocycles. The summed E-state index contributed by atoms with van der Waals surface area (Å²) in [5, 5.41) is 3.34. The third-order valence-electron chi connectivity index (χ3n) is 6.67. The molecule has 9 nitrogen and oxygen atoms in total. The number of fused-ring (bicyclic) bond motifs is 1. The van der Waals surface area contributed by atoms with E-state index in [9.17, 15) is 19.2 Å². The Balaban J connectivity index is 1.53. The highest BCUT2D eigenvalue weighted by Gasteiger charge is 2.39. The zero-order valence-corrected chi connectivity index (χ0v) is 22.7. The summed E-state index contributed by atoms with van der Waals surface area (Å²) in [5.74, 6) is -1.89. The number of carbonyl (C=O) groups is 4. The summed E-state index contributed by atoms with van der Waals surface area (Å²) in [6.07, 6.45) is 3.20. The molecule has 1 N–H and O–H groups in total. The molecule has 1 atom stereocenters. The van der Waals surface area contributed by atoms with Gasteiger partial charge in [-0.15, -0.1) is 0 Å². The van der Waals surface area contributed by atoms with E-state index in [1.807, 2.05) is 0 Å². The second kappa shape index (κ2) is 12.0. The lowest BCUT2D eigenvalue weighted by Gasteiger charge is -2.33. The van der Waals surface area contributed by atoms with Crippen molar-refractivity contribution in [3.05, 3.63) is 119 Å². The number of para-hydroxylation sites is 1. The summed E-state index contributed by atoms with van der Waals surface area (Å²) in [6.45, 7) is -0.435. The van der Waals surface area contributed by atoms with Crippen LogP contribution in [0.15, 0.2) is 97.3 Å². The average molecular weight is 569 g/mol. The summed E-state index contributed by atoms with van der Waals surface area (Å²) >= 11 is 6.14. The highest BCUT2D eigenvalue weighted by Crippen LogP contribution is 2.31. The first-order valence-corrected chi connectivity index (χ1v) is 13.1. The maximum absolute atomic E-state index is 14.1. The van der Waals surface area contributed by atoms with Gasteiger partial charge in [-0.25, -0.2) is 0 Å². The third-order valence-corrected chi connectivity index (χ3v) is 6.92. The van der Waals surface area contributed by atoms with Gasteiger partial charge in [0.05, 0.1) is 18.4 Å². The number of Topliss-reactive ketones (excluding diaryl/α,β-unsaturated/α-hetero) is 1. The van der Waals surface area contributed by atoms with E-state index in [2.05, 4.69) is 10.3 Å². The van der Waals surface area contributed by atoms with Crippen molar-refractivity contribution in [3.8, 4) is 5.75 Å². The number of benzene rings is 3. The first kappa shape index (κ1) is 27.5. The number of carbonyl (C=O) groups excluding carboxylic acids is 4. The van der Waals surface area contributed by atoms with E-state index in [1.54, 1.807) is 104 Å². The average Bonchev–Trinajstić information content (AvgIpc) is 3.23. The lowest BCUT2D eigenvalue weighted by molar-refractivity contribution is -0.139. The predicted molar refractivity (Wildman–Crippen MR) is 154 cm³/mol. The number of pyridine rings is 1. The van der Waals surface area contributed by atoms with Crippen molar-refractivity contribution >= 4 is 46.5 Å². The molecule has 0 radical (unpaired) electrons. The molecular weight excluding hydrogens is 544 g/mol. The molecule has 5 rings (SSSR count). The zero-order chi connectivity index (χ0) is 28.9. The summed E-state index contributed by atoms with van der Waals surface area (Å²) < 4.78 is 5.20. The van der Waals surface area contributed by atoms with Crippen molar-refractivity contribution in [2.24, 2.45) is 0 Å². The smallest absolute Gasteiger partial charge is 0.299 e. The molecule has 41 heavy (non-hydrogen) atoms. The quantitative estimate of drug-likeness (QED) is 0.294. The van der Waals surface area contributed by atoms with Crippen LogP contribution in [0.2, 0.25) is 5.02 Å². The molecule has 0 aliphatic carbocycles. The number of hydrogen-bond donors (Lipinski definition) is 1. The largest absolute Gasteiger partial charge is 0.497 e. The fourth-order valence-corrected chi connectivity index (χ4v) is 4.77. The van der Waals surface area contributed by atoms with Crippen LogP contribution in [0.25, 0.3) is 0 Å². The van der Waals surface area contributed by atoms with E-state index in [0.29, 0.717) is 33.3 Å². The number of ketones is 1. The van der Waals surface area contributed by atoms with Gasteiger partial charge >= 0.3 is 0 Å². The number of rotatable bonds is 9. The first-order chi connectivity index (χ1) is 19.9. The second-order valence-electron chi connectivity index (χ2n) is 9.29. The Kier molecular flexibility index (Phi) is 8.07. The molecule has 0 bridgehead atoms. The number of methoxy groups -OCH3 is 1. The normalized spacial score (nSPS) is 13.0. The zero-order valence-electron chi connectivity index (χ0n) is 22.0. The number of hydrogen-bond acceptors (Lipinski definition) is 6. The molecule has 1 aliphatic heterocycles. The van der Waals surface area contributed by atoms with Crippen LogP contribution < -0.4 is 15.0 Å². The highest BCUT2D eigenvalue weighted by atomic mass is 35.5. The Hall–Kier alpha value is -5.02. The van der Waals surface area contributed by atoms with E-state index < -0.39 is 36.1 Å². The van der Waals surface area contributed by atoms with Gasteiger partial charge in [0.25, 0.3) is 17.6 Å². The molecule has 1 aliphatic rings. The van der Waals surface area contributed by atoms with Gasteiger partial charge in [-0.05, 0) is 65.7 Å². The van der Waals surface area contributed by atoms with Crippen LogP contribution in [0, 0.1) is 0 Å². The van der Waals surface area contributed by atoms with Crippen molar-refractivity contribution in [2.75, 3.05) is 23.9 Å². The Labute approximate surface area is 241 Å². The topological polar surface area (TPSA) is 109 Å². The number of ether oxygens (including phenoxy) is 1. The molecule has 3 aromatic carbocycles. The molecule has 1 unspecified atom stereocenters. The second-order valence-corrected chi connectivity index (χ2v) is 9.73. The predicted octanol–water partition coefficient (Wildman–Crippen LogP) is 4.68. The van der Waals surface area contributed by atoms with Gasteiger partial charge in [0, 0.05) is 29.6 Å². The maximum atomic E-state index is 14.1. The molecule has 3 amide bonds. The lowest BCUT2D eigenvalue weighted by atomic mass is 10.0. The van der Waals surface area contributed by atoms with Crippen LogP contribution >= 0.6 is 11.6 Å². The fourth-order valence-electron chi connectivity index (χ4n) is 4.65. The van der Waals surface area contributed by atoms with Crippen LogP contribution in [0.4, 0.5) is 11.4 Å². The summed E-state index contributed by atoms with van der Waals surface area (Å²) in [4.78, 5) is 60.1. The van der Waals surface area contributed by atoms with Crippen LogP contribution in [0.3, 0.4) is 0 Å². The van der Waals surface area contributed by atoms with Gasteiger partial charge in [-0.1, -0.05) is 41.9 Å². The Morgan fingerprint density at radius 2 is 1.71 bits per heavy atom. The SMILES string of the molecule is COc1ccc(NC(=O)C(c2ccc(Cl)cc2)N(Cc2cccnc2)C(=O)CN2C(=O)C(=O)c3ccccc32)cc1. The van der Waals surface area contributed by atoms with E-state index in [-0.39, 0.29) is 12.1 Å². The minimum atomic E-state index is -1.12. The highest BCUT2D eigenvalue weighted by molar-refractivity contribution is 6.52. The molecule has 0 spiro atoms. The van der Waals surface area contributed by atoms with Crippen molar-refractivity contribution in [1.82, 2.24) is 9.88 Å². The third kappa shape index (κ3) is 5.95. The Bertz CT molecular complexity index is 1590. The number of anilines is 2. The molecule has 10 heteroatoms. The van der Waals surface area contributed by atoms with Gasteiger partial charge in [0.2, 0.25) is 5.91 Å². The molecule has 0 saturated carbocycles. The van der Waals surface area contributed by atoms with Gasteiger partial charge < -0.3 is 15.0 Å². The standard InChI is InChI=1S/C31H25ClN4O5/c1-41-24-14-12-23(13-15-24)34-30(39)28(21-8-10-22(32)11-9-21)36(18-20-5-4-16-33-17-20)27(37)19-35-26-7-3-2-6-25(26)29(38)31(35)40/h2-17,28H,18-19H2,1H3,(H,34,39). The Morgan fingerprint density at radius 1 is 0.976 bits per heavy atom. The van der Waals surface area contributed by atoms with Crippen LogP contribution in [0.5, 0.6) is 5.75 Å². The Morgan fingerprint density at radius 3 is 2.39 bits per heavy atom. The number of nitrogens with one attached hydrogen (secondary N) is 1. The fraction of sp³-hybridized carbons (Fsp3) is 0.129. The summed E-state index contributed by atoms with van der Waals surface area (Å²) in [6, 6.07) is 22.3. The summed E-state index contributed by atoms with van der Waals surface area (Å²) in [7, 11) is 1.54. The molecule has 206 valence electrons. The lowest BCUT2D eigenvalue weighted by Crippen LogP contribution is -2.46. The van der Waals surface area contributed by atoms with Crippen molar-refractivity contribution in [1.29, 1.82) is 0 Å². The van der Waals surface area contributed by atoms with E-state index >= 15 is 0 Å². The molecule has 4 aromatic rings. The molecule has 0 saturated heterocycles. The van der Waals surface area contributed by atoms with Gasteiger partial charge in [-0.3, -0.25) is 29.1 Å². The number of amides is 3. The van der Waals surface area contributed by atoms with Crippen molar-refractivity contribution < 1.29 is 23.9 Å². The van der Waals surface area contributed by atoms with E-state index in [0.717, 1.165) is 4.90 Å². The first-order valence-electron chi connectivity index (χ1n) is 12.7. The van der Waals surface area contributed by atoms with Crippen molar-refractivity contribution in [2.45, 2.75) is 12.6 Å². The number of nitrogens with zero attached hydrogens (tertiary/aromatic N) is 3. The van der Waals surface area contributed by atoms with Crippen molar-refractivity contribution in [3.63, 3.8) is 0 Å².